The Morgan fingerprint density at radius 1 is 1.33 bits per heavy atom. The number of rotatable bonds is 3. The van der Waals surface area contributed by atoms with Gasteiger partial charge in [-0.15, -0.1) is 0 Å². The van der Waals surface area contributed by atoms with Gasteiger partial charge in [0.2, 0.25) is 6.29 Å². The van der Waals surface area contributed by atoms with Crippen molar-refractivity contribution in [2.45, 2.75) is 12.7 Å². The minimum atomic E-state index is -0.898. The third-order valence-corrected chi connectivity index (χ3v) is 2.55. The van der Waals surface area contributed by atoms with Gasteiger partial charge in [-0.3, -0.25) is 4.79 Å². The molecule has 1 heterocycles. The first kappa shape index (κ1) is 9.93. The van der Waals surface area contributed by atoms with Crippen LogP contribution >= 0.6 is 0 Å². The number of ether oxygens (including phenoxy) is 1. The van der Waals surface area contributed by atoms with E-state index in [1.165, 1.54) is 6.26 Å². The maximum Gasteiger partial charge on any atom is 0.203 e. The summed E-state index contributed by atoms with van der Waals surface area (Å²) in [5.74, 6) is -0.245. The molecule has 1 aromatic rings. The Morgan fingerprint density at radius 3 is 2.73 bits per heavy atom. The normalized spacial score (nSPS) is 24.5. The molecule has 0 aromatic heterocycles. The summed E-state index contributed by atoms with van der Waals surface area (Å²) in [6.45, 7) is 0. The van der Waals surface area contributed by atoms with Crippen molar-refractivity contribution in [2.24, 2.45) is 5.92 Å². The van der Waals surface area contributed by atoms with Crippen molar-refractivity contribution < 1.29 is 14.6 Å². The Hall–Kier alpha value is -1.61. The van der Waals surface area contributed by atoms with Crippen LogP contribution in [0, 0.1) is 5.92 Å². The lowest BCUT2D eigenvalue weighted by atomic mass is 9.94. The minimum Gasteiger partial charge on any atom is -0.472 e. The van der Waals surface area contributed by atoms with Crippen LogP contribution in [-0.4, -0.2) is 17.7 Å². The van der Waals surface area contributed by atoms with Gasteiger partial charge in [-0.1, -0.05) is 30.3 Å². The Bertz CT molecular complexity index is 370. The maximum absolute atomic E-state index is 10.7. The summed E-state index contributed by atoms with van der Waals surface area (Å²) in [7, 11) is 0. The van der Waals surface area contributed by atoms with Gasteiger partial charge in [-0.2, -0.15) is 0 Å². The van der Waals surface area contributed by atoms with Gasteiger partial charge in [-0.25, -0.2) is 0 Å². The molecule has 15 heavy (non-hydrogen) atoms. The molecule has 2 atom stereocenters. The molecule has 2 rings (SSSR count). The zero-order valence-corrected chi connectivity index (χ0v) is 8.17. The van der Waals surface area contributed by atoms with E-state index in [1.54, 1.807) is 0 Å². The second-order valence-corrected chi connectivity index (χ2v) is 3.56. The van der Waals surface area contributed by atoms with E-state index in [9.17, 15) is 9.90 Å². The standard InChI is InChI=1S/C12H12O3/c13-7-10-8-15-12(14)11(10)6-9-4-2-1-3-5-9/h1-5,7-8,11-12,14H,6H2/t11-,12-/m1/s1. The molecule has 0 radical (unpaired) electrons. The average molecular weight is 204 g/mol. The third-order valence-electron chi connectivity index (χ3n) is 2.55. The summed E-state index contributed by atoms with van der Waals surface area (Å²) >= 11 is 0. The lowest BCUT2D eigenvalue weighted by Gasteiger charge is -2.14. The Morgan fingerprint density at radius 2 is 2.07 bits per heavy atom. The van der Waals surface area contributed by atoms with Crippen molar-refractivity contribution in [1.29, 1.82) is 0 Å². The van der Waals surface area contributed by atoms with E-state index in [0.717, 1.165) is 11.8 Å². The van der Waals surface area contributed by atoms with E-state index in [4.69, 9.17) is 4.74 Å². The van der Waals surface area contributed by atoms with Crippen LogP contribution in [0.5, 0.6) is 0 Å². The fraction of sp³-hybridized carbons (Fsp3) is 0.250. The van der Waals surface area contributed by atoms with Gasteiger partial charge in [0.25, 0.3) is 0 Å². The minimum absolute atomic E-state index is 0.245. The van der Waals surface area contributed by atoms with Gasteiger partial charge < -0.3 is 9.84 Å². The highest BCUT2D eigenvalue weighted by molar-refractivity contribution is 5.74. The molecular formula is C12H12O3. The largest absolute Gasteiger partial charge is 0.472 e. The van der Waals surface area contributed by atoms with Gasteiger partial charge in [0.1, 0.15) is 6.29 Å². The second-order valence-electron chi connectivity index (χ2n) is 3.56. The molecule has 1 aliphatic rings. The number of hydrogen-bond acceptors (Lipinski definition) is 3. The average Bonchev–Trinajstić information content (AvgIpc) is 2.62. The lowest BCUT2D eigenvalue weighted by Crippen LogP contribution is -2.20. The number of hydrogen-bond donors (Lipinski definition) is 1. The molecule has 1 N–H and O–H groups in total. The molecule has 0 aliphatic carbocycles. The van der Waals surface area contributed by atoms with Crippen LogP contribution < -0.4 is 0 Å². The van der Waals surface area contributed by atoms with E-state index in [-0.39, 0.29) is 5.92 Å². The monoisotopic (exact) mass is 204 g/mol. The smallest absolute Gasteiger partial charge is 0.203 e. The number of benzene rings is 1. The van der Waals surface area contributed by atoms with Gasteiger partial charge in [-0.05, 0) is 12.0 Å². The molecule has 0 saturated carbocycles. The highest BCUT2D eigenvalue weighted by Crippen LogP contribution is 2.26. The summed E-state index contributed by atoms with van der Waals surface area (Å²) < 4.78 is 4.90. The van der Waals surface area contributed by atoms with E-state index in [0.29, 0.717) is 12.0 Å². The quantitative estimate of drug-likeness (QED) is 0.754. The Balaban J connectivity index is 2.11. The molecule has 1 aromatic carbocycles. The van der Waals surface area contributed by atoms with Crippen LogP contribution in [0.15, 0.2) is 42.2 Å². The highest BCUT2D eigenvalue weighted by Gasteiger charge is 2.29. The molecule has 0 fully saturated rings. The SMILES string of the molecule is O=CC1=CO[C@@H](O)[C@@H]1Cc1ccccc1. The first-order valence-corrected chi connectivity index (χ1v) is 4.84. The molecule has 0 saturated heterocycles. The number of carbonyl (C=O) groups excluding carboxylic acids is 1. The maximum atomic E-state index is 10.7. The van der Waals surface area contributed by atoms with E-state index in [2.05, 4.69) is 0 Å². The van der Waals surface area contributed by atoms with Crippen molar-refractivity contribution in [3.05, 3.63) is 47.7 Å². The summed E-state index contributed by atoms with van der Waals surface area (Å²) in [6, 6.07) is 9.73. The van der Waals surface area contributed by atoms with Crippen LogP contribution in [0.3, 0.4) is 0 Å². The zero-order valence-electron chi connectivity index (χ0n) is 8.17. The van der Waals surface area contributed by atoms with E-state index in [1.807, 2.05) is 30.3 Å². The van der Waals surface area contributed by atoms with Crippen molar-refractivity contribution in [1.82, 2.24) is 0 Å². The molecule has 78 valence electrons. The van der Waals surface area contributed by atoms with Crippen LogP contribution in [0.4, 0.5) is 0 Å². The van der Waals surface area contributed by atoms with Crippen LogP contribution in [0.2, 0.25) is 0 Å². The van der Waals surface area contributed by atoms with Crippen molar-refractivity contribution in [3.63, 3.8) is 0 Å². The van der Waals surface area contributed by atoms with Crippen LogP contribution in [-0.2, 0) is 16.0 Å². The number of aliphatic hydroxyl groups is 1. The highest BCUT2D eigenvalue weighted by atomic mass is 16.6. The van der Waals surface area contributed by atoms with Crippen LogP contribution in [0.1, 0.15) is 5.56 Å². The van der Waals surface area contributed by atoms with Gasteiger partial charge in [0.05, 0.1) is 12.2 Å². The summed E-state index contributed by atoms with van der Waals surface area (Å²) in [5.41, 5.74) is 1.60. The molecule has 1 aliphatic heterocycles. The van der Waals surface area contributed by atoms with Crippen molar-refractivity contribution in [2.75, 3.05) is 0 Å². The Labute approximate surface area is 88.0 Å². The third kappa shape index (κ3) is 2.07. The molecule has 0 bridgehead atoms. The summed E-state index contributed by atoms with van der Waals surface area (Å²) in [5, 5.41) is 9.52. The topological polar surface area (TPSA) is 46.5 Å². The lowest BCUT2D eigenvalue weighted by molar-refractivity contribution is -0.106. The number of aliphatic hydroxyl groups excluding tert-OH is 1. The molecule has 3 nitrogen and oxygen atoms in total. The van der Waals surface area contributed by atoms with Crippen LogP contribution in [0.25, 0.3) is 0 Å². The second kappa shape index (κ2) is 4.28. The first-order chi connectivity index (χ1) is 7.31. The van der Waals surface area contributed by atoms with Crippen molar-refractivity contribution >= 4 is 6.29 Å². The molecule has 0 amide bonds. The molecule has 0 unspecified atom stereocenters. The fourth-order valence-electron chi connectivity index (χ4n) is 1.70. The van der Waals surface area contributed by atoms with Crippen molar-refractivity contribution in [3.8, 4) is 0 Å². The zero-order chi connectivity index (χ0) is 10.7. The molecule has 3 heteroatoms. The first-order valence-electron chi connectivity index (χ1n) is 4.84. The van der Waals surface area contributed by atoms with Gasteiger partial charge >= 0.3 is 0 Å². The predicted octanol–water partition coefficient (Wildman–Crippen LogP) is 1.28. The van der Waals surface area contributed by atoms with E-state index < -0.39 is 6.29 Å². The van der Waals surface area contributed by atoms with E-state index >= 15 is 0 Å². The molecule has 0 spiro atoms. The number of aldehydes is 1. The van der Waals surface area contributed by atoms with Gasteiger partial charge in [0.15, 0.2) is 0 Å². The summed E-state index contributed by atoms with van der Waals surface area (Å²) in [6.07, 6.45) is 1.80. The fourth-order valence-corrected chi connectivity index (χ4v) is 1.70. The predicted molar refractivity (Wildman–Crippen MR) is 54.9 cm³/mol. The molecular weight excluding hydrogens is 192 g/mol. The summed E-state index contributed by atoms with van der Waals surface area (Å²) in [4.78, 5) is 10.7. The Kier molecular flexibility index (Phi) is 2.83. The number of carbonyl (C=O) groups is 1. The van der Waals surface area contributed by atoms with Gasteiger partial charge in [0, 0.05) is 5.57 Å².